The number of hydrogen-bond acceptors (Lipinski definition) is 2. The van der Waals surface area contributed by atoms with E-state index in [2.05, 4.69) is 25.7 Å². The number of aryl methyl sites for hydroxylation is 1. The Kier molecular flexibility index (Phi) is 3.96. The molecule has 0 spiro atoms. The Bertz CT molecular complexity index is 383. The number of benzene rings is 1. The van der Waals surface area contributed by atoms with Crippen molar-refractivity contribution in [1.82, 2.24) is 4.90 Å². The van der Waals surface area contributed by atoms with Gasteiger partial charge in [-0.1, -0.05) is 26.0 Å². The highest BCUT2D eigenvalue weighted by molar-refractivity contribution is 5.25. The number of rotatable bonds is 4. The fraction of sp³-hybridized carbons (Fsp3) is 0.625. The number of phenolic OH excluding ortho intramolecular Hbond substituents is 1. The van der Waals surface area contributed by atoms with Crippen molar-refractivity contribution in [2.24, 2.45) is 5.41 Å². The number of likely N-dealkylation sites (tertiary alicyclic amines) is 1. The summed E-state index contributed by atoms with van der Waals surface area (Å²) in [7, 11) is 0. The molecule has 0 bridgehead atoms. The highest BCUT2D eigenvalue weighted by Crippen LogP contribution is 2.30. The van der Waals surface area contributed by atoms with Gasteiger partial charge in [0.05, 0.1) is 0 Å². The van der Waals surface area contributed by atoms with E-state index in [4.69, 9.17) is 0 Å². The molecular formula is C16H25NO. The largest absolute Gasteiger partial charge is 0.508 e. The molecule has 0 saturated carbocycles. The molecular weight excluding hydrogens is 222 g/mol. The highest BCUT2D eigenvalue weighted by atomic mass is 16.3. The van der Waals surface area contributed by atoms with E-state index in [1.807, 2.05) is 12.1 Å². The van der Waals surface area contributed by atoms with Gasteiger partial charge in [-0.2, -0.15) is 0 Å². The highest BCUT2D eigenvalue weighted by Gasteiger charge is 2.31. The van der Waals surface area contributed by atoms with Crippen LogP contribution in [0.4, 0.5) is 0 Å². The van der Waals surface area contributed by atoms with Crippen LogP contribution in [0.15, 0.2) is 24.3 Å². The van der Waals surface area contributed by atoms with Crippen molar-refractivity contribution in [3.63, 3.8) is 0 Å². The summed E-state index contributed by atoms with van der Waals surface area (Å²) in [6, 6.07) is 8.25. The van der Waals surface area contributed by atoms with E-state index in [-0.39, 0.29) is 0 Å². The minimum absolute atomic E-state index is 0.355. The molecule has 0 aliphatic carbocycles. The topological polar surface area (TPSA) is 23.5 Å². The Hall–Kier alpha value is -1.02. The molecule has 2 heteroatoms. The summed E-state index contributed by atoms with van der Waals surface area (Å²) >= 11 is 0. The predicted molar refractivity (Wildman–Crippen MR) is 75.9 cm³/mol. The van der Waals surface area contributed by atoms with Crippen molar-refractivity contribution in [2.75, 3.05) is 13.1 Å². The van der Waals surface area contributed by atoms with Crippen LogP contribution in [0.25, 0.3) is 0 Å². The molecule has 18 heavy (non-hydrogen) atoms. The average molecular weight is 247 g/mol. The van der Waals surface area contributed by atoms with E-state index in [1.165, 1.54) is 31.5 Å². The van der Waals surface area contributed by atoms with Crippen molar-refractivity contribution in [1.29, 1.82) is 0 Å². The molecule has 1 atom stereocenters. The lowest BCUT2D eigenvalue weighted by molar-refractivity contribution is 0.221. The van der Waals surface area contributed by atoms with Gasteiger partial charge in [-0.15, -0.1) is 0 Å². The SMILES string of the molecule is CC(CCc1ccc(O)cc1)N1CCC(C)(C)C1. The number of aromatic hydroxyl groups is 1. The minimum Gasteiger partial charge on any atom is -0.508 e. The van der Waals surface area contributed by atoms with Crippen molar-refractivity contribution in [3.8, 4) is 5.75 Å². The van der Waals surface area contributed by atoms with Crippen LogP contribution >= 0.6 is 0 Å². The normalized spacial score (nSPS) is 21.1. The van der Waals surface area contributed by atoms with Crippen molar-refractivity contribution >= 4 is 0 Å². The molecule has 1 aliphatic rings. The van der Waals surface area contributed by atoms with Gasteiger partial charge in [0.2, 0.25) is 0 Å². The number of nitrogens with zero attached hydrogens (tertiary/aromatic N) is 1. The second-order valence-electron chi connectivity index (χ2n) is 6.44. The monoisotopic (exact) mass is 247 g/mol. The Morgan fingerprint density at radius 2 is 1.94 bits per heavy atom. The molecule has 1 heterocycles. The fourth-order valence-electron chi connectivity index (χ4n) is 2.75. The molecule has 1 aromatic rings. The van der Waals surface area contributed by atoms with E-state index in [0.29, 0.717) is 17.2 Å². The van der Waals surface area contributed by atoms with Crippen LogP contribution in [-0.4, -0.2) is 29.1 Å². The Balaban J connectivity index is 1.82. The van der Waals surface area contributed by atoms with Gasteiger partial charge in [-0.05, 0) is 55.8 Å². The Morgan fingerprint density at radius 3 is 2.50 bits per heavy atom. The Morgan fingerprint density at radius 1 is 1.28 bits per heavy atom. The zero-order valence-electron chi connectivity index (χ0n) is 11.8. The summed E-state index contributed by atoms with van der Waals surface area (Å²) in [4.78, 5) is 2.61. The van der Waals surface area contributed by atoms with Gasteiger partial charge in [-0.25, -0.2) is 0 Å². The standard InChI is InChI=1S/C16H25NO/c1-13(17-11-10-16(2,3)12-17)4-5-14-6-8-15(18)9-7-14/h6-9,13,18H,4-5,10-12H2,1-3H3. The smallest absolute Gasteiger partial charge is 0.115 e. The van der Waals surface area contributed by atoms with Crippen LogP contribution in [0.2, 0.25) is 0 Å². The van der Waals surface area contributed by atoms with Crippen molar-refractivity contribution in [2.45, 2.75) is 46.1 Å². The summed E-state index contributed by atoms with van der Waals surface area (Å²) in [6.07, 6.45) is 3.61. The van der Waals surface area contributed by atoms with Crippen molar-refractivity contribution < 1.29 is 5.11 Å². The molecule has 100 valence electrons. The third-order valence-electron chi connectivity index (χ3n) is 4.12. The average Bonchev–Trinajstić information content (AvgIpc) is 2.69. The van der Waals surface area contributed by atoms with Crippen LogP contribution in [0.5, 0.6) is 5.75 Å². The maximum atomic E-state index is 9.26. The van der Waals surface area contributed by atoms with Crippen LogP contribution in [0.1, 0.15) is 39.2 Å². The summed E-state index contributed by atoms with van der Waals surface area (Å²) < 4.78 is 0. The van der Waals surface area contributed by atoms with Crippen molar-refractivity contribution in [3.05, 3.63) is 29.8 Å². The summed E-state index contributed by atoms with van der Waals surface area (Å²) in [5.41, 5.74) is 1.81. The lowest BCUT2D eigenvalue weighted by atomic mass is 9.93. The fourth-order valence-corrected chi connectivity index (χ4v) is 2.75. The van der Waals surface area contributed by atoms with Crippen LogP contribution in [-0.2, 0) is 6.42 Å². The molecule has 2 nitrogen and oxygen atoms in total. The first-order chi connectivity index (χ1) is 8.46. The van der Waals surface area contributed by atoms with Crippen LogP contribution in [0, 0.1) is 5.41 Å². The molecule has 2 rings (SSSR count). The van der Waals surface area contributed by atoms with E-state index >= 15 is 0 Å². The molecule has 1 fully saturated rings. The van der Waals surface area contributed by atoms with Crippen LogP contribution < -0.4 is 0 Å². The van der Waals surface area contributed by atoms with Gasteiger partial charge in [0.25, 0.3) is 0 Å². The molecule has 1 aromatic carbocycles. The van der Waals surface area contributed by atoms with Gasteiger partial charge in [0.15, 0.2) is 0 Å². The van der Waals surface area contributed by atoms with Gasteiger partial charge in [0.1, 0.15) is 5.75 Å². The van der Waals surface area contributed by atoms with E-state index in [9.17, 15) is 5.11 Å². The quantitative estimate of drug-likeness (QED) is 0.881. The summed E-state index contributed by atoms with van der Waals surface area (Å²) in [6.45, 7) is 9.52. The maximum absolute atomic E-state index is 9.26. The minimum atomic E-state index is 0.355. The Labute approximate surface area is 111 Å². The summed E-state index contributed by atoms with van der Waals surface area (Å²) in [5, 5.41) is 9.26. The van der Waals surface area contributed by atoms with Crippen LogP contribution in [0.3, 0.4) is 0 Å². The van der Waals surface area contributed by atoms with Gasteiger partial charge < -0.3 is 10.0 Å². The molecule has 0 aromatic heterocycles. The maximum Gasteiger partial charge on any atom is 0.115 e. The number of phenols is 1. The van der Waals surface area contributed by atoms with E-state index < -0.39 is 0 Å². The molecule has 1 unspecified atom stereocenters. The summed E-state index contributed by atoms with van der Waals surface area (Å²) in [5.74, 6) is 0.355. The molecule has 1 saturated heterocycles. The third kappa shape index (κ3) is 3.49. The second-order valence-corrected chi connectivity index (χ2v) is 6.44. The predicted octanol–water partition coefficient (Wildman–Crippen LogP) is 3.45. The zero-order chi connectivity index (χ0) is 13.2. The van der Waals surface area contributed by atoms with Gasteiger partial charge in [0, 0.05) is 12.6 Å². The molecule has 0 radical (unpaired) electrons. The van der Waals surface area contributed by atoms with Gasteiger partial charge in [-0.3, -0.25) is 0 Å². The van der Waals surface area contributed by atoms with E-state index in [1.54, 1.807) is 12.1 Å². The lowest BCUT2D eigenvalue weighted by Gasteiger charge is -2.26. The van der Waals surface area contributed by atoms with E-state index in [0.717, 1.165) is 6.42 Å². The number of hydrogen-bond donors (Lipinski definition) is 1. The zero-order valence-corrected chi connectivity index (χ0v) is 11.8. The first-order valence-corrected chi connectivity index (χ1v) is 6.98. The van der Waals surface area contributed by atoms with Gasteiger partial charge >= 0.3 is 0 Å². The molecule has 1 aliphatic heterocycles. The first kappa shape index (κ1) is 13.4. The molecule has 0 amide bonds. The molecule has 1 N–H and O–H groups in total. The lowest BCUT2D eigenvalue weighted by Crippen LogP contribution is -2.32. The second kappa shape index (κ2) is 5.31. The third-order valence-corrected chi connectivity index (χ3v) is 4.12. The first-order valence-electron chi connectivity index (χ1n) is 6.98.